The number of halogens is 3. The van der Waals surface area contributed by atoms with Crippen LogP contribution in [0, 0.1) is 5.82 Å². The number of carbonyl (C=O) groups is 1. The SMILES string of the molecule is O=Cc1cnc2ccc(-c3c(-c4ccc(F)cc4)ncn3C3CCC(F)(F)C3)nn12. The van der Waals surface area contributed by atoms with Crippen LogP contribution in [-0.4, -0.2) is 36.4 Å². The van der Waals surface area contributed by atoms with E-state index >= 15 is 0 Å². The first-order valence-corrected chi connectivity index (χ1v) is 9.46. The summed E-state index contributed by atoms with van der Waals surface area (Å²) >= 11 is 0. The molecule has 4 aromatic rings. The van der Waals surface area contributed by atoms with E-state index in [1.807, 2.05) is 0 Å². The summed E-state index contributed by atoms with van der Waals surface area (Å²) in [4.78, 5) is 19.9. The van der Waals surface area contributed by atoms with Gasteiger partial charge in [0.1, 0.15) is 17.2 Å². The standard InChI is InChI=1S/C21H16F3N5O/c22-14-3-1-13(2-4-14)19-20(28(12-26-19)15-7-8-21(23,24)9-15)17-5-6-18-25-10-16(11-30)29(18)27-17/h1-6,10-12,15H,7-9H2. The molecule has 3 heterocycles. The van der Waals surface area contributed by atoms with E-state index in [0.29, 0.717) is 41.0 Å². The molecule has 1 aliphatic rings. The van der Waals surface area contributed by atoms with Gasteiger partial charge in [0.25, 0.3) is 0 Å². The van der Waals surface area contributed by atoms with E-state index in [-0.39, 0.29) is 24.4 Å². The number of hydrogen-bond donors (Lipinski definition) is 0. The molecule has 6 nitrogen and oxygen atoms in total. The van der Waals surface area contributed by atoms with Gasteiger partial charge in [0.05, 0.1) is 23.9 Å². The number of benzene rings is 1. The zero-order chi connectivity index (χ0) is 20.9. The Kier molecular flexibility index (Phi) is 4.19. The number of alkyl halides is 2. The fraction of sp³-hybridized carbons (Fsp3) is 0.238. The molecule has 1 atom stereocenters. The van der Waals surface area contributed by atoms with Gasteiger partial charge in [-0.15, -0.1) is 0 Å². The molecule has 3 aromatic heterocycles. The number of aromatic nitrogens is 5. The molecule has 1 unspecified atom stereocenters. The van der Waals surface area contributed by atoms with Crippen LogP contribution in [0.2, 0.25) is 0 Å². The van der Waals surface area contributed by atoms with E-state index in [9.17, 15) is 18.0 Å². The van der Waals surface area contributed by atoms with E-state index in [1.54, 1.807) is 28.8 Å². The lowest BCUT2D eigenvalue weighted by molar-refractivity contribution is 0.00568. The Morgan fingerprint density at radius 2 is 1.90 bits per heavy atom. The van der Waals surface area contributed by atoms with Crippen LogP contribution >= 0.6 is 0 Å². The fourth-order valence-corrected chi connectivity index (χ4v) is 3.97. The van der Waals surface area contributed by atoms with Crippen molar-refractivity contribution in [3.8, 4) is 22.6 Å². The van der Waals surface area contributed by atoms with Crippen molar-refractivity contribution in [1.82, 2.24) is 24.1 Å². The molecule has 1 saturated carbocycles. The van der Waals surface area contributed by atoms with Gasteiger partial charge in [-0.3, -0.25) is 4.79 Å². The van der Waals surface area contributed by atoms with Crippen molar-refractivity contribution in [3.63, 3.8) is 0 Å². The molecule has 30 heavy (non-hydrogen) atoms. The number of aldehydes is 1. The second kappa shape index (κ2) is 6.79. The van der Waals surface area contributed by atoms with Crippen LogP contribution in [0.25, 0.3) is 28.3 Å². The molecular weight excluding hydrogens is 395 g/mol. The zero-order valence-corrected chi connectivity index (χ0v) is 15.7. The molecule has 0 radical (unpaired) electrons. The van der Waals surface area contributed by atoms with Crippen molar-refractivity contribution < 1.29 is 18.0 Å². The minimum absolute atomic E-state index is 0.190. The summed E-state index contributed by atoms with van der Waals surface area (Å²) in [6, 6.07) is 8.78. The van der Waals surface area contributed by atoms with Crippen LogP contribution in [0.5, 0.6) is 0 Å². The summed E-state index contributed by atoms with van der Waals surface area (Å²) in [5.74, 6) is -3.11. The predicted octanol–water partition coefficient (Wildman–Crippen LogP) is 4.57. The molecule has 9 heteroatoms. The molecule has 0 aliphatic heterocycles. The summed E-state index contributed by atoms with van der Waals surface area (Å²) in [6.45, 7) is 0. The first kappa shape index (κ1) is 18.5. The molecule has 152 valence electrons. The number of hydrogen-bond acceptors (Lipinski definition) is 4. The molecule has 0 bridgehead atoms. The van der Waals surface area contributed by atoms with Gasteiger partial charge in [-0.1, -0.05) is 0 Å². The molecule has 1 aromatic carbocycles. The van der Waals surface area contributed by atoms with Gasteiger partial charge in [0, 0.05) is 24.4 Å². The predicted molar refractivity (Wildman–Crippen MR) is 103 cm³/mol. The summed E-state index contributed by atoms with van der Waals surface area (Å²) in [5.41, 5.74) is 2.89. The maximum atomic E-state index is 13.9. The zero-order valence-electron chi connectivity index (χ0n) is 15.7. The summed E-state index contributed by atoms with van der Waals surface area (Å²) in [7, 11) is 0. The maximum Gasteiger partial charge on any atom is 0.250 e. The second-order valence-electron chi connectivity index (χ2n) is 7.40. The average Bonchev–Trinajstić information content (AvgIpc) is 3.43. The largest absolute Gasteiger partial charge is 0.325 e. The topological polar surface area (TPSA) is 65.1 Å². The third-order valence-electron chi connectivity index (χ3n) is 5.43. The molecule has 0 saturated heterocycles. The number of fused-ring (bicyclic) bond motifs is 1. The Bertz CT molecular complexity index is 1250. The Hall–Kier alpha value is -3.49. The van der Waals surface area contributed by atoms with Gasteiger partial charge in [-0.05, 0) is 42.8 Å². The first-order valence-electron chi connectivity index (χ1n) is 9.46. The Morgan fingerprint density at radius 3 is 2.60 bits per heavy atom. The van der Waals surface area contributed by atoms with Crippen molar-refractivity contribution in [2.75, 3.05) is 0 Å². The molecule has 1 fully saturated rings. The van der Waals surface area contributed by atoms with Gasteiger partial charge in [-0.25, -0.2) is 27.7 Å². The summed E-state index contributed by atoms with van der Waals surface area (Å²) in [6.07, 6.45) is 3.42. The van der Waals surface area contributed by atoms with Gasteiger partial charge in [-0.2, -0.15) is 5.10 Å². The fourth-order valence-electron chi connectivity index (χ4n) is 3.97. The van der Waals surface area contributed by atoms with E-state index in [0.717, 1.165) is 0 Å². The number of rotatable bonds is 4. The lowest BCUT2D eigenvalue weighted by atomic mass is 10.1. The van der Waals surface area contributed by atoms with Crippen LogP contribution in [0.15, 0.2) is 48.9 Å². The van der Waals surface area contributed by atoms with Crippen molar-refractivity contribution in [2.45, 2.75) is 31.2 Å². The Morgan fingerprint density at radius 1 is 1.10 bits per heavy atom. The van der Waals surface area contributed by atoms with E-state index < -0.39 is 12.0 Å². The Labute approximate surface area is 169 Å². The minimum Gasteiger partial charge on any atom is -0.325 e. The smallest absolute Gasteiger partial charge is 0.250 e. The average molecular weight is 411 g/mol. The van der Waals surface area contributed by atoms with Crippen LogP contribution in [0.1, 0.15) is 35.8 Å². The lowest BCUT2D eigenvalue weighted by Crippen LogP contribution is -2.13. The monoisotopic (exact) mass is 411 g/mol. The molecule has 5 rings (SSSR count). The van der Waals surface area contributed by atoms with Gasteiger partial charge in [0.15, 0.2) is 11.9 Å². The molecule has 1 aliphatic carbocycles. The van der Waals surface area contributed by atoms with Gasteiger partial charge in [0.2, 0.25) is 5.92 Å². The third-order valence-corrected chi connectivity index (χ3v) is 5.43. The van der Waals surface area contributed by atoms with Crippen LogP contribution in [-0.2, 0) is 0 Å². The highest BCUT2D eigenvalue weighted by Crippen LogP contribution is 2.44. The van der Waals surface area contributed by atoms with E-state index in [1.165, 1.54) is 29.2 Å². The van der Waals surface area contributed by atoms with Crippen LogP contribution in [0.4, 0.5) is 13.2 Å². The molecule has 0 spiro atoms. The molecule has 0 amide bonds. The highest BCUT2D eigenvalue weighted by atomic mass is 19.3. The molecular formula is C21H16F3N5O. The van der Waals surface area contributed by atoms with E-state index in [2.05, 4.69) is 15.1 Å². The van der Waals surface area contributed by atoms with Crippen molar-refractivity contribution >= 4 is 11.9 Å². The minimum atomic E-state index is -2.73. The Balaban J connectivity index is 1.71. The number of imidazole rings is 2. The molecule has 0 N–H and O–H groups in total. The summed E-state index contributed by atoms with van der Waals surface area (Å²) < 4.78 is 44.4. The lowest BCUT2D eigenvalue weighted by Gasteiger charge is -2.17. The first-order chi connectivity index (χ1) is 14.4. The normalized spacial score (nSPS) is 18.2. The van der Waals surface area contributed by atoms with Gasteiger partial charge < -0.3 is 4.57 Å². The maximum absolute atomic E-state index is 13.9. The highest BCUT2D eigenvalue weighted by Gasteiger charge is 2.41. The van der Waals surface area contributed by atoms with Crippen LogP contribution < -0.4 is 0 Å². The number of carbonyl (C=O) groups excluding carboxylic acids is 1. The summed E-state index contributed by atoms with van der Waals surface area (Å²) in [5, 5.41) is 4.52. The van der Waals surface area contributed by atoms with E-state index in [4.69, 9.17) is 0 Å². The second-order valence-corrected chi connectivity index (χ2v) is 7.40. The third kappa shape index (κ3) is 3.06. The van der Waals surface area contributed by atoms with Crippen molar-refractivity contribution in [3.05, 3.63) is 60.4 Å². The number of nitrogens with zero attached hydrogens (tertiary/aromatic N) is 5. The highest BCUT2D eigenvalue weighted by molar-refractivity contribution is 5.78. The quantitative estimate of drug-likeness (QED) is 0.462. The van der Waals surface area contributed by atoms with Crippen LogP contribution in [0.3, 0.4) is 0 Å². The van der Waals surface area contributed by atoms with Gasteiger partial charge >= 0.3 is 0 Å². The van der Waals surface area contributed by atoms with Crippen molar-refractivity contribution in [1.29, 1.82) is 0 Å². The van der Waals surface area contributed by atoms with Crippen molar-refractivity contribution in [2.24, 2.45) is 0 Å².